The van der Waals surface area contributed by atoms with Crippen LogP contribution in [0, 0.1) is 0 Å². The zero-order valence-electron chi connectivity index (χ0n) is 13.9. The highest BCUT2D eigenvalue weighted by Crippen LogP contribution is 2.44. The third-order valence-corrected chi connectivity index (χ3v) is 4.45. The molecule has 0 saturated carbocycles. The fraction of sp³-hybridized carbons (Fsp3) is 0.667. The standard InChI is InChI=1S/C18H29N/c1-16(2,3)14-10-9-13-12-19(17(4,5)6)18(7,8)15(13)11-14/h9-11H,12H2,1-8H3. The van der Waals surface area contributed by atoms with Crippen molar-refractivity contribution < 1.29 is 0 Å². The molecule has 0 radical (unpaired) electrons. The first-order valence-electron chi connectivity index (χ1n) is 7.36. The van der Waals surface area contributed by atoms with Gasteiger partial charge in [-0.25, -0.2) is 0 Å². The fourth-order valence-corrected chi connectivity index (χ4v) is 3.34. The highest BCUT2D eigenvalue weighted by Gasteiger charge is 2.42. The lowest BCUT2D eigenvalue weighted by Gasteiger charge is -2.42. The van der Waals surface area contributed by atoms with Crippen LogP contribution in [0.4, 0.5) is 0 Å². The van der Waals surface area contributed by atoms with Crippen molar-refractivity contribution in [3.8, 4) is 0 Å². The summed E-state index contributed by atoms with van der Waals surface area (Å²) in [4.78, 5) is 2.61. The number of hydrogen-bond donors (Lipinski definition) is 0. The van der Waals surface area contributed by atoms with Crippen LogP contribution < -0.4 is 0 Å². The predicted molar refractivity (Wildman–Crippen MR) is 83.5 cm³/mol. The van der Waals surface area contributed by atoms with E-state index in [-0.39, 0.29) is 16.5 Å². The maximum Gasteiger partial charge on any atom is 0.0416 e. The first-order chi connectivity index (χ1) is 8.44. The Morgan fingerprint density at radius 1 is 1.00 bits per heavy atom. The lowest BCUT2D eigenvalue weighted by Crippen LogP contribution is -2.47. The molecule has 0 bridgehead atoms. The largest absolute Gasteiger partial charge is 0.285 e. The van der Waals surface area contributed by atoms with Gasteiger partial charge in [0.2, 0.25) is 0 Å². The second kappa shape index (κ2) is 4.09. The Labute approximate surface area is 119 Å². The molecule has 0 amide bonds. The molecule has 0 aliphatic carbocycles. The molecule has 1 heteroatoms. The summed E-state index contributed by atoms with van der Waals surface area (Å²) in [7, 11) is 0. The van der Waals surface area contributed by atoms with Gasteiger partial charge in [-0.1, -0.05) is 39.0 Å². The van der Waals surface area contributed by atoms with Crippen molar-refractivity contribution in [2.45, 2.75) is 78.4 Å². The van der Waals surface area contributed by atoms with Gasteiger partial charge in [-0.3, -0.25) is 4.90 Å². The minimum atomic E-state index is 0.120. The minimum Gasteiger partial charge on any atom is -0.285 e. The van der Waals surface area contributed by atoms with E-state index in [0.29, 0.717) is 0 Å². The van der Waals surface area contributed by atoms with Gasteiger partial charge in [0.1, 0.15) is 0 Å². The van der Waals surface area contributed by atoms with Crippen molar-refractivity contribution in [3.63, 3.8) is 0 Å². The number of nitrogens with zero attached hydrogens (tertiary/aromatic N) is 1. The van der Waals surface area contributed by atoms with Crippen molar-refractivity contribution in [2.24, 2.45) is 0 Å². The molecule has 0 saturated heterocycles. The van der Waals surface area contributed by atoms with Gasteiger partial charge in [0.15, 0.2) is 0 Å². The van der Waals surface area contributed by atoms with Crippen molar-refractivity contribution >= 4 is 0 Å². The molecule has 0 unspecified atom stereocenters. The second-order valence-electron chi connectivity index (χ2n) is 8.44. The fourth-order valence-electron chi connectivity index (χ4n) is 3.34. The summed E-state index contributed by atoms with van der Waals surface area (Å²) in [6, 6.07) is 7.07. The molecule has 0 N–H and O–H groups in total. The van der Waals surface area contributed by atoms with Gasteiger partial charge in [0, 0.05) is 17.6 Å². The average molecular weight is 259 g/mol. The molecule has 0 fully saturated rings. The molecular weight excluding hydrogens is 230 g/mol. The first-order valence-corrected chi connectivity index (χ1v) is 7.36. The van der Waals surface area contributed by atoms with E-state index in [4.69, 9.17) is 0 Å². The summed E-state index contributed by atoms with van der Waals surface area (Å²) < 4.78 is 0. The third kappa shape index (κ3) is 2.45. The van der Waals surface area contributed by atoms with E-state index in [2.05, 4.69) is 78.5 Å². The van der Waals surface area contributed by atoms with Crippen LogP contribution in [-0.4, -0.2) is 10.4 Å². The Morgan fingerprint density at radius 2 is 1.58 bits per heavy atom. The molecule has 0 atom stereocenters. The van der Waals surface area contributed by atoms with E-state index < -0.39 is 0 Å². The monoisotopic (exact) mass is 259 g/mol. The molecule has 1 aliphatic heterocycles. The second-order valence-corrected chi connectivity index (χ2v) is 8.44. The zero-order valence-corrected chi connectivity index (χ0v) is 13.9. The third-order valence-electron chi connectivity index (χ3n) is 4.45. The Kier molecular flexibility index (Phi) is 3.14. The predicted octanol–water partition coefficient (Wildman–Crippen LogP) is 4.83. The van der Waals surface area contributed by atoms with E-state index >= 15 is 0 Å². The topological polar surface area (TPSA) is 3.24 Å². The van der Waals surface area contributed by atoms with Crippen LogP contribution in [0.25, 0.3) is 0 Å². The van der Waals surface area contributed by atoms with E-state index in [0.717, 1.165) is 6.54 Å². The van der Waals surface area contributed by atoms with Crippen LogP contribution in [-0.2, 0) is 17.5 Å². The van der Waals surface area contributed by atoms with E-state index in [9.17, 15) is 0 Å². The van der Waals surface area contributed by atoms with Crippen LogP contribution >= 0.6 is 0 Å². The molecule has 0 aromatic heterocycles. The summed E-state index contributed by atoms with van der Waals surface area (Å²) in [5, 5.41) is 0. The Balaban J connectivity index is 2.51. The highest BCUT2D eigenvalue weighted by atomic mass is 15.3. The smallest absolute Gasteiger partial charge is 0.0416 e. The van der Waals surface area contributed by atoms with Gasteiger partial charge in [-0.15, -0.1) is 0 Å². The van der Waals surface area contributed by atoms with Crippen molar-refractivity contribution in [3.05, 3.63) is 34.9 Å². The summed E-state index contributed by atoms with van der Waals surface area (Å²) in [5.41, 5.74) is 4.98. The lowest BCUT2D eigenvalue weighted by molar-refractivity contribution is 0.0357. The number of fused-ring (bicyclic) bond motifs is 1. The number of rotatable bonds is 0. The Morgan fingerprint density at radius 3 is 2.05 bits per heavy atom. The van der Waals surface area contributed by atoms with E-state index in [1.807, 2.05) is 0 Å². The summed E-state index contributed by atoms with van der Waals surface area (Å²) in [5.74, 6) is 0. The van der Waals surface area contributed by atoms with Crippen LogP contribution in [0.2, 0.25) is 0 Å². The van der Waals surface area contributed by atoms with Crippen LogP contribution in [0.5, 0.6) is 0 Å². The van der Waals surface area contributed by atoms with E-state index in [1.54, 1.807) is 0 Å². The molecule has 2 rings (SSSR count). The highest BCUT2D eigenvalue weighted by molar-refractivity contribution is 5.42. The molecule has 1 aliphatic rings. The lowest BCUT2D eigenvalue weighted by atomic mass is 9.82. The van der Waals surface area contributed by atoms with Gasteiger partial charge < -0.3 is 0 Å². The molecule has 1 nitrogen and oxygen atoms in total. The van der Waals surface area contributed by atoms with Gasteiger partial charge in [-0.2, -0.15) is 0 Å². The van der Waals surface area contributed by atoms with Crippen molar-refractivity contribution in [2.75, 3.05) is 0 Å². The van der Waals surface area contributed by atoms with Crippen molar-refractivity contribution in [1.29, 1.82) is 0 Å². The maximum atomic E-state index is 2.61. The summed E-state index contributed by atoms with van der Waals surface area (Å²) in [6.45, 7) is 19.6. The van der Waals surface area contributed by atoms with E-state index in [1.165, 1.54) is 16.7 Å². The van der Waals surface area contributed by atoms with Gasteiger partial charge in [0.25, 0.3) is 0 Å². The van der Waals surface area contributed by atoms with Gasteiger partial charge in [-0.05, 0) is 56.7 Å². The quantitative estimate of drug-likeness (QED) is 0.645. The normalized spacial score (nSPS) is 19.6. The summed E-state index contributed by atoms with van der Waals surface area (Å²) in [6.07, 6.45) is 0. The van der Waals surface area contributed by atoms with Crippen LogP contribution in [0.15, 0.2) is 18.2 Å². The minimum absolute atomic E-state index is 0.120. The van der Waals surface area contributed by atoms with Gasteiger partial charge >= 0.3 is 0 Å². The Hall–Kier alpha value is -0.820. The molecule has 1 heterocycles. The number of hydrogen-bond acceptors (Lipinski definition) is 1. The summed E-state index contributed by atoms with van der Waals surface area (Å²) >= 11 is 0. The SMILES string of the molecule is CC(C)(C)c1ccc2c(c1)C(C)(C)N(C(C)(C)C)C2. The number of benzene rings is 1. The molecular formula is C18H29N. The van der Waals surface area contributed by atoms with Gasteiger partial charge in [0.05, 0.1) is 0 Å². The molecule has 1 aromatic carbocycles. The molecule has 1 aromatic rings. The first kappa shape index (κ1) is 14.6. The molecule has 0 spiro atoms. The molecule has 106 valence electrons. The van der Waals surface area contributed by atoms with Crippen LogP contribution in [0.1, 0.15) is 72.1 Å². The van der Waals surface area contributed by atoms with Crippen molar-refractivity contribution in [1.82, 2.24) is 4.90 Å². The Bertz CT molecular complexity index is 483. The molecule has 19 heavy (non-hydrogen) atoms. The maximum absolute atomic E-state index is 2.61. The zero-order chi connectivity index (χ0) is 14.6. The average Bonchev–Trinajstić information content (AvgIpc) is 2.48. The van der Waals surface area contributed by atoms with Crippen LogP contribution in [0.3, 0.4) is 0 Å².